The summed E-state index contributed by atoms with van der Waals surface area (Å²) in [5.41, 5.74) is 3.04. The normalized spacial score (nSPS) is 50.0. The molecule has 0 aliphatic heterocycles. The van der Waals surface area contributed by atoms with E-state index in [4.69, 9.17) is 0 Å². The molecule has 3 aliphatic carbocycles. The zero-order valence-corrected chi connectivity index (χ0v) is 14.1. The van der Waals surface area contributed by atoms with E-state index < -0.39 is 0 Å². The van der Waals surface area contributed by atoms with Gasteiger partial charge in [0.15, 0.2) is 0 Å². The van der Waals surface area contributed by atoms with Crippen molar-refractivity contribution in [2.75, 3.05) is 0 Å². The summed E-state index contributed by atoms with van der Waals surface area (Å²) < 4.78 is 0. The van der Waals surface area contributed by atoms with Crippen molar-refractivity contribution in [1.82, 2.24) is 0 Å². The van der Waals surface area contributed by atoms with Gasteiger partial charge in [0.25, 0.3) is 0 Å². The molecule has 20 heavy (non-hydrogen) atoms. The Balaban J connectivity index is 2.14. The monoisotopic (exact) mass is 272 g/mol. The molecule has 0 saturated heterocycles. The van der Waals surface area contributed by atoms with E-state index in [9.17, 15) is 0 Å². The standard InChI is InChI=1S/C20H32/c1-7-19(5)11-12-20(6)14(2)16(19)13-17-15(20)9-8-10-18(17,3)4/h7,13-16H,1,8-12H2,2-6H3/t14-,15+,16+,19?,20+/m0/s1. The Labute approximate surface area is 125 Å². The highest BCUT2D eigenvalue weighted by molar-refractivity contribution is 5.30. The predicted octanol–water partition coefficient (Wildman–Crippen LogP) is 6.00. The first-order valence-corrected chi connectivity index (χ1v) is 8.60. The number of hydrogen-bond donors (Lipinski definition) is 0. The third-order valence-corrected chi connectivity index (χ3v) is 7.62. The van der Waals surface area contributed by atoms with E-state index in [1.54, 1.807) is 5.57 Å². The molecule has 3 aliphatic rings. The van der Waals surface area contributed by atoms with Crippen molar-refractivity contribution in [3.05, 3.63) is 24.3 Å². The van der Waals surface area contributed by atoms with Crippen LogP contribution in [-0.2, 0) is 0 Å². The molecule has 112 valence electrons. The van der Waals surface area contributed by atoms with Crippen molar-refractivity contribution >= 4 is 0 Å². The molecule has 0 aromatic carbocycles. The maximum absolute atomic E-state index is 4.17. The van der Waals surface area contributed by atoms with E-state index in [1.165, 1.54) is 32.1 Å². The van der Waals surface area contributed by atoms with Crippen LogP contribution in [0.4, 0.5) is 0 Å². The second-order valence-corrected chi connectivity index (χ2v) is 8.98. The van der Waals surface area contributed by atoms with Gasteiger partial charge in [-0.15, -0.1) is 6.58 Å². The highest BCUT2D eigenvalue weighted by Crippen LogP contribution is 2.65. The van der Waals surface area contributed by atoms with Crippen LogP contribution in [0, 0.1) is 34.0 Å². The molecule has 0 heteroatoms. The van der Waals surface area contributed by atoms with Gasteiger partial charge in [-0.25, -0.2) is 0 Å². The lowest BCUT2D eigenvalue weighted by Gasteiger charge is -2.61. The fourth-order valence-electron chi connectivity index (χ4n) is 5.72. The minimum atomic E-state index is 0.310. The van der Waals surface area contributed by atoms with E-state index in [1.807, 2.05) is 0 Å². The van der Waals surface area contributed by atoms with Crippen LogP contribution < -0.4 is 0 Å². The summed E-state index contributed by atoms with van der Waals surface area (Å²) in [6.07, 6.45) is 11.9. The fraction of sp³-hybridized carbons (Fsp3) is 0.800. The summed E-state index contributed by atoms with van der Waals surface area (Å²) in [7, 11) is 0. The SMILES string of the molecule is C=CC1(C)CC[C@@]2(C)[C@@H]3CCCC(C)(C)C3=C[C@@H]1[C@@H]2C. The molecule has 2 saturated carbocycles. The van der Waals surface area contributed by atoms with E-state index in [0.29, 0.717) is 22.2 Å². The van der Waals surface area contributed by atoms with Crippen molar-refractivity contribution in [3.8, 4) is 0 Å². The van der Waals surface area contributed by atoms with E-state index in [2.05, 4.69) is 53.3 Å². The summed E-state index contributed by atoms with van der Waals surface area (Å²) in [5.74, 6) is 2.33. The Kier molecular flexibility index (Phi) is 3.06. The zero-order chi connectivity index (χ0) is 14.8. The fourth-order valence-corrected chi connectivity index (χ4v) is 5.72. The van der Waals surface area contributed by atoms with Crippen LogP contribution in [-0.4, -0.2) is 0 Å². The van der Waals surface area contributed by atoms with Crippen LogP contribution in [0.3, 0.4) is 0 Å². The summed E-state index contributed by atoms with van der Waals surface area (Å²) in [5, 5.41) is 0. The van der Waals surface area contributed by atoms with E-state index >= 15 is 0 Å². The van der Waals surface area contributed by atoms with Crippen molar-refractivity contribution < 1.29 is 0 Å². The highest BCUT2D eigenvalue weighted by atomic mass is 14.6. The van der Waals surface area contributed by atoms with E-state index in [-0.39, 0.29) is 0 Å². The van der Waals surface area contributed by atoms with E-state index in [0.717, 1.165) is 11.8 Å². The molecule has 1 unspecified atom stereocenters. The van der Waals surface area contributed by atoms with Crippen molar-refractivity contribution in [1.29, 1.82) is 0 Å². The van der Waals surface area contributed by atoms with Gasteiger partial charge >= 0.3 is 0 Å². The zero-order valence-electron chi connectivity index (χ0n) is 14.1. The number of allylic oxidation sites excluding steroid dienone is 3. The van der Waals surface area contributed by atoms with Gasteiger partial charge in [0.2, 0.25) is 0 Å². The third kappa shape index (κ3) is 1.72. The molecule has 5 atom stereocenters. The summed E-state index contributed by atoms with van der Waals surface area (Å²) in [6.45, 7) is 16.7. The lowest BCUT2D eigenvalue weighted by atomic mass is 9.43. The molecule has 0 N–H and O–H groups in total. The number of fused-ring (bicyclic) bond motifs is 4. The number of hydrogen-bond acceptors (Lipinski definition) is 0. The first-order chi connectivity index (χ1) is 9.24. The Hall–Kier alpha value is -0.520. The van der Waals surface area contributed by atoms with Gasteiger partial charge in [0, 0.05) is 0 Å². The average Bonchev–Trinajstić information content (AvgIpc) is 2.39. The molecule has 0 nitrogen and oxygen atoms in total. The highest BCUT2D eigenvalue weighted by Gasteiger charge is 2.56. The molecule has 0 aromatic rings. The van der Waals surface area contributed by atoms with Crippen LogP contribution in [0.2, 0.25) is 0 Å². The number of rotatable bonds is 1. The summed E-state index contributed by atoms with van der Waals surface area (Å²) >= 11 is 0. The summed E-state index contributed by atoms with van der Waals surface area (Å²) in [6, 6.07) is 0. The lowest BCUT2D eigenvalue weighted by Crippen LogP contribution is -2.53. The molecule has 3 rings (SSSR count). The van der Waals surface area contributed by atoms with Gasteiger partial charge < -0.3 is 0 Å². The molecule has 0 amide bonds. The Bertz CT molecular complexity index is 455. The van der Waals surface area contributed by atoms with Crippen molar-refractivity contribution in [2.45, 2.75) is 66.7 Å². The molecule has 2 fully saturated rings. The minimum Gasteiger partial charge on any atom is -0.103 e. The average molecular weight is 272 g/mol. The Morgan fingerprint density at radius 2 is 1.85 bits per heavy atom. The first-order valence-electron chi connectivity index (χ1n) is 8.60. The van der Waals surface area contributed by atoms with Crippen LogP contribution in [0.5, 0.6) is 0 Å². The summed E-state index contributed by atoms with van der Waals surface area (Å²) in [4.78, 5) is 0. The van der Waals surface area contributed by atoms with Gasteiger partial charge in [0.05, 0.1) is 0 Å². The van der Waals surface area contributed by atoms with Gasteiger partial charge in [-0.2, -0.15) is 0 Å². The van der Waals surface area contributed by atoms with Crippen molar-refractivity contribution in [2.24, 2.45) is 34.0 Å². The Morgan fingerprint density at radius 3 is 2.50 bits per heavy atom. The van der Waals surface area contributed by atoms with Gasteiger partial charge in [-0.05, 0) is 59.7 Å². The van der Waals surface area contributed by atoms with Crippen LogP contribution >= 0.6 is 0 Å². The third-order valence-electron chi connectivity index (χ3n) is 7.62. The molecule has 2 bridgehead atoms. The lowest BCUT2D eigenvalue weighted by molar-refractivity contribution is -0.0440. The quantitative estimate of drug-likeness (QED) is 0.514. The van der Waals surface area contributed by atoms with Gasteiger partial charge in [-0.3, -0.25) is 0 Å². The molecular weight excluding hydrogens is 240 g/mol. The molecule has 0 heterocycles. The smallest absolute Gasteiger partial charge is 0.00834 e. The van der Waals surface area contributed by atoms with Gasteiger partial charge in [-0.1, -0.05) is 58.8 Å². The minimum absolute atomic E-state index is 0.310. The molecular formula is C20H32. The predicted molar refractivity (Wildman–Crippen MR) is 87.5 cm³/mol. The van der Waals surface area contributed by atoms with Crippen molar-refractivity contribution in [3.63, 3.8) is 0 Å². The second-order valence-electron chi connectivity index (χ2n) is 8.98. The molecule has 0 radical (unpaired) electrons. The van der Waals surface area contributed by atoms with Crippen LogP contribution in [0.25, 0.3) is 0 Å². The first kappa shape index (κ1) is 14.4. The molecule has 0 spiro atoms. The van der Waals surface area contributed by atoms with Crippen LogP contribution in [0.15, 0.2) is 24.3 Å². The largest absolute Gasteiger partial charge is 0.103 e. The topological polar surface area (TPSA) is 0 Å². The maximum atomic E-state index is 4.17. The van der Waals surface area contributed by atoms with Gasteiger partial charge in [0.1, 0.15) is 0 Å². The maximum Gasteiger partial charge on any atom is -0.00834 e. The molecule has 0 aromatic heterocycles. The second kappa shape index (κ2) is 4.24. The Morgan fingerprint density at radius 1 is 1.15 bits per heavy atom. The van der Waals surface area contributed by atoms with Crippen LogP contribution in [0.1, 0.15) is 66.7 Å².